The second-order valence-electron chi connectivity index (χ2n) is 1.25. The summed E-state index contributed by atoms with van der Waals surface area (Å²) in [5, 5.41) is 0. The average molecular weight is 546 g/mol. The van der Waals surface area contributed by atoms with E-state index in [1.54, 1.807) is 0 Å². The van der Waals surface area contributed by atoms with Gasteiger partial charge in [-0.2, -0.15) is 0 Å². The van der Waals surface area contributed by atoms with Crippen LogP contribution in [-0.2, 0) is 56.4 Å². The number of hydrogen-bond donors (Lipinski definition) is 0. The molecule has 0 atom stereocenters. The van der Waals surface area contributed by atoms with Gasteiger partial charge in [0.05, 0.1) is 0 Å². The standard InChI is InChI=1S/2Al.2Fe.5O3Si/c;;;;5*1-4(2)3/q2*+3;2*+2;5*-2. The molecule has 24 heteroatoms. The Kier molecular flexibility index (Phi) is 116. The maximum Gasteiger partial charge on any atom is 3.00 e. The Morgan fingerprint density at radius 2 is 0.333 bits per heavy atom. The summed E-state index contributed by atoms with van der Waals surface area (Å²) in [5.74, 6) is 0. The van der Waals surface area contributed by atoms with Gasteiger partial charge < -0.3 is 70.3 Å². The van der Waals surface area contributed by atoms with Gasteiger partial charge in [-0.3, -0.25) is 0 Å². The van der Waals surface area contributed by atoms with E-state index in [9.17, 15) is 0 Å². The summed E-state index contributed by atoms with van der Waals surface area (Å²) in [4.78, 5) is 85.2. The van der Waals surface area contributed by atoms with Crippen molar-refractivity contribution >= 4 is 80.6 Å². The molecule has 0 aliphatic carbocycles. The van der Waals surface area contributed by atoms with Crippen LogP contribution in [0.15, 0.2) is 0 Å². The van der Waals surface area contributed by atoms with Crippen LogP contribution in [0, 0.1) is 0 Å². The van der Waals surface area contributed by atoms with Crippen LogP contribution in [0.25, 0.3) is 0 Å². The van der Waals surface area contributed by atoms with Crippen molar-refractivity contribution < 1.29 is 104 Å². The number of hydrogen-bond acceptors (Lipinski definition) is 15. The third-order valence-electron chi connectivity index (χ3n) is 0. The maximum atomic E-state index is 8.52. The Hall–Kier alpha value is 0.188. The second kappa shape index (κ2) is 49.5. The molecule has 0 aromatic heterocycles. The zero-order chi connectivity index (χ0) is 17.9. The molecule has 24 heavy (non-hydrogen) atoms. The van der Waals surface area contributed by atoms with E-state index >= 15 is 0 Å². The van der Waals surface area contributed by atoms with Crippen molar-refractivity contribution in [2.24, 2.45) is 0 Å². The molecule has 0 aliphatic heterocycles. The molecule has 132 valence electrons. The summed E-state index contributed by atoms with van der Waals surface area (Å²) in [7, 11) is -18.1. The van der Waals surface area contributed by atoms with E-state index in [-0.39, 0.29) is 68.9 Å². The van der Waals surface area contributed by atoms with Crippen LogP contribution in [0.5, 0.6) is 0 Å². The van der Waals surface area contributed by atoms with Crippen LogP contribution in [0.4, 0.5) is 0 Å². The summed E-state index contributed by atoms with van der Waals surface area (Å²) in [6.45, 7) is 0. The fourth-order valence-corrected chi connectivity index (χ4v) is 0. The van der Waals surface area contributed by atoms with Crippen molar-refractivity contribution in [2.75, 3.05) is 0 Å². The first-order valence-corrected chi connectivity index (χ1v) is 9.19. The van der Waals surface area contributed by atoms with E-state index in [4.69, 9.17) is 70.3 Å². The molecular weight excluding hydrogens is 546 g/mol. The quantitative estimate of drug-likeness (QED) is 0.255. The monoisotopic (exact) mass is 546 g/mol. The topological polar surface area (TPSA) is 316 Å². The van der Waals surface area contributed by atoms with Gasteiger partial charge >= 0.3 is 68.9 Å². The van der Waals surface area contributed by atoms with E-state index in [1.807, 2.05) is 0 Å². The van der Waals surface area contributed by atoms with Crippen LogP contribution >= 0.6 is 0 Å². The molecule has 0 N–H and O–H groups in total. The summed E-state index contributed by atoms with van der Waals surface area (Å²) < 4.78 is 42.6. The smallest absolute Gasteiger partial charge is 0.672 e. The maximum absolute atomic E-state index is 8.52. The molecule has 0 bridgehead atoms. The van der Waals surface area contributed by atoms with Crippen molar-refractivity contribution in [3.63, 3.8) is 0 Å². The van der Waals surface area contributed by atoms with Gasteiger partial charge in [-0.1, -0.05) is 0 Å². The molecule has 0 radical (unpaired) electrons. The van der Waals surface area contributed by atoms with Crippen LogP contribution in [-0.4, -0.2) is 80.6 Å². The summed E-state index contributed by atoms with van der Waals surface area (Å²) >= 11 is 0. The molecule has 0 heterocycles. The van der Waals surface area contributed by atoms with Crippen molar-refractivity contribution in [2.45, 2.75) is 0 Å². The molecule has 0 fully saturated rings. The predicted octanol–water partition coefficient (Wildman–Crippen LogP) is -15.2. The first-order chi connectivity index (χ1) is 8.66. The zero-order valence-corrected chi connectivity index (χ0v) is 20.0. The third kappa shape index (κ3) is 281000. The Bertz CT molecular complexity index is 221. The Morgan fingerprint density at radius 1 is 0.333 bits per heavy atom. The Morgan fingerprint density at radius 3 is 0.333 bits per heavy atom. The largest absolute Gasteiger partial charge is 3.00 e. The number of rotatable bonds is 0. The van der Waals surface area contributed by atoms with Crippen LogP contribution in [0.2, 0.25) is 0 Å². The van der Waals surface area contributed by atoms with Crippen molar-refractivity contribution in [1.29, 1.82) is 0 Å². The van der Waals surface area contributed by atoms with Gasteiger partial charge in [-0.25, -0.2) is 0 Å². The molecular formula is Al2Fe2O15Si5. The molecule has 0 unspecified atom stereocenters. The fourth-order valence-electron chi connectivity index (χ4n) is 0. The van der Waals surface area contributed by atoms with Crippen molar-refractivity contribution in [3.05, 3.63) is 0 Å². The van der Waals surface area contributed by atoms with Gasteiger partial charge in [-0.15, -0.1) is 0 Å². The molecule has 0 spiro atoms. The first kappa shape index (κ1) is 56.4. The van der Waals surface area contributed by atoms with Gasteiger partial charge in [0, 0.05) is 45.9 Å². The predicted molar refractivity (Wildman–Crippen MR) is 43.7 cm³/mol. The summed E-state index contributed by atoms with van der Waals surface area (Å²) in [6, 6.07) is 0. The van der Waals surface area contributed by atoms with E-state index < -0.39 is 45.9 Å². The second-order valence-corrected chi connectivity index (χ2v) is 3.75. The van der Waals surface area contributed by atoms with Crippen LogP contribution in [0.1, 0.15) is 0 Å². The molecule has 0 amide bonds. The summed E-state index contributed by atoms with van der Waals surface area (Å²) in [5.41, 5.74) is 0. The van der Waals surface area contributed by atoms with Crippen LogP contribution in [0.3, 0.4) is 0 Å². The Balaban J connectivity index is -0.0000000161. The van der Waals surface area contributed by atoms with Gasteiger partial charge in [0.2, 0.25) is 0 Å². The van der Waals surface area contributed by atoms with Crippen molar-refractivity contribution in [1.82, 2.24) is 0 Å². The van der Waals surface area contributed by atoms with Gasteiger partial charge in [0.25, 0.3) is 0 Å². The molecule has 0 aromatic rings. The Labute approximate surface area is 184 Å². The fraction of sp³-hybridized carbons (Fsp3) is 0. The van der Waals surface area contributed by atoms with E-state index in [0.29, 0.717) is 0 Å². The molecule has 0 aromatic carbocycles. The van der Waals surface area contributed by atoms with E-state index in [2.05, 4.69) is 0 Å². The normalized spacial score (nSPS) is 5.00. The molecule has 0 saturated heterocycles. The minimum atomic E-state index is -3.63. The minimum absolute atomic E-state index is 0. The molecule has 15 nitrogen and oxygen atoms in total. The molecule has 0 rings (SSSR count). The molecule has 0 aliphatic rings. The average Bonchev–Trinajstić information content (AvgIpc) is 1.94. The molecule has 0 saturated carbocycles. The minimum Gasteiger partial charge on any atom is -0.672 e. The van der Waals surface area contributed by atoms with Crippen molar-refractivity contribution in [3.8, 4) is 0 Å². The van der Waals surface area contributed by atoms with E-state index in [1.165, 1.54) is 0 Å². The third-order valence-corrected chi connectivity index (χ3v) is 0. The van der Waals surface area contributed by atoms with Gasteiger partial charge in [0.1, 0.15) is 0 Å². The van der Waals surface area contributed by atoms with Gasteiger partial charge in [0.15, 0.2) is 0 Å². The first-order valence-electron chi connectivity index (χ1n) is 3.06. The summed E-state index contributed by atoms with van der Waals surface area (Å²) in [6.07, 6.45) is 0. The van der Waals surface area contributed by atoms with Gasteiger partial charge in [-0.05, 0) is 0 Å². The SMILES string of the molecule is O=[Si]([O-])[O-].O=[Si]([O-])[O-].O=[Si]([O-])[O-].O=[Si]([O-])[O-].O=[Si]([O-])[O-].[Al+3].[Al+3].[Fe+2].[Fe+2]. The van der Waals surface area contributed by atoms with E-state index in [0.717, 1.165) is 0 Å². The van der Waals surface area contributed by atoms with Crippen LogP contribution < -0.4 is 48.0 Å². The zero-order valence-electron chi connectivity index (χ0n) is 10.5.